The number of aromatic nitrogens is 2. The maximum Gasteiger partial charge on any atom is 0.219 e. The molecule has 2 aliphatic rings. The number of hydrogen-bond donors (Lipinski definition) is 1. The van der Waals surface area contributed by atoms with E-state index in [4.69, 9.17) is 4.42 Å². The molecule has 2 fully saturated rings. The lowest BCUT2D eigenvalue weighted by molar-refractivity contribution is 0.00753. The molecule has 0 amide bonds. The lowest BCUT2D eigenvalue weighted by Gasteiger charge is -2.41. The van der Waals surface area contributed by atoms with Crippen LogP contribution in [0.3, 0.4) is 0 Å². The van der Waals surface area contributed by atoms with Gasteiger partial charge >= 0.3 is 0 Å². The van der Waals surface area contributed by atoms with Gasteiger partial charge in [-0.05, 0) is 38.8 Å². The summed E-state index contributed by atoms with van der Waals surface area (Å²) in [7, 11) is 0. The van der Waals surface area contributed by atoms with Crippen molar-refractivity contribution in [2.24, 2.45) is 0 Å². The Hall–Kier alpha value is -0.940. The van der Waals surface area contributed by atoms with Crippen LogP contribution in [0.5, 0.6) is 0 Å². The van der Waals surface area contributed by atoms with Gasteiger partial charge in [0.05, 0.1) is 6.10 Å². The number of piperidine rings is 1. The quantitative estimate of drug-likeness (QED) is 0.884. The minimum Gasteiger partial charge on any atom is -0.425 e. The molecule has 1 aromatic heterocycles. The molecule has 0 aromatic carbocycles. The second-order valence-corrected chi connectivity index (χ2v) is 5.89. The average Bonchev–Trinajstić information content (AvgIpc) is 2.86. The largest absolute Gasteiger partial charge is 0.425 e. The average molecular weight is 265 g/mol. The van der Waals surface area contributed by atoms with Crippen LogP contribution in [0.4, 0.5) is 0 Å². The first-order valence-corrected chi connectivity index (χ1v) is 7.46. The molecule has 1 aromatic rings. The molecule has 2 atom stereocenters. The Labute approximate surface area is 114 Å². The molecule has 5 nitrogen and oxygen atoms in total. The van der Waals surface area contributed by atoms with E-state index in [0.717, 1.165) is 44.7 Å². The van der Waals surface area contributed by atoms with Crippen LogP contribution in [-0.4, -0.2) is 45.4 Å². The third-order valence-electron chi connectivity index (χ3n) is 4.58. The van der Waals surface area contributed by atoms with Crippen molar-refractivity contribution in [1.29, 1.82) is 0 Å². The Morgan fingerprint density at radius 1 is 1.11 bits per heavy atom. The Kier molecular flexibility index (Phi) is 3.84. The molecule has 0 bridgehead atoms. The number of aryl methyl sites for hydroxylation is 1. The molecule has 1 aliphatic carbocycles. The summed E-state index contributed by atoms with van der Waals surface area (Å²) in [5.41, 5.74) is 0. The molecular formula is C14H23N3O2. The molecule has 2 heterocycles. The molecule has 3 rings (SSSR count). The SMILES string of the molecule is Cc1nnc(C2CCN([C@@H]3CCCC[C@H]3O)CC2)o1. The topological polar surface area (TPSA) is 62.4 Å². The van der Waals surface area contributed by atoms with Gasteiger partial charge in [-0.2, -0.15) is 0 Å². The van der Waals surface area contributed by atoms with Gasteiger partial charge in [0, 0.05) is 18.9 Å². The fraction of sp³-hybridized carbons (Fsp3) is 0.857. The van der Waals surface area contributed by atoms with E-state index in [1.165, 1.54) is 12.8 Å². The summed E-state index contributed by atoms with van der Waals surface area (Å²) < 4.78 is 5.53. The molecule has 19 heavy (non-hydrogen) atoms. The third-order valence-corrected chi connectivity index (χ3v) is 4.58. The fourth-order valence-corrected chi connectivity index (χ4v) is 3.47. The zero-order chi connectivity index (χ0) is 13.2. The van der Waals surface area contributed by atoms with Crippen molar-refractivity contribution in [2.75, 3.05) is 13.1 Å². The summed E-state index contributed by atoms with van der Waals surface area (Å²) in [5.74, 6) is 1.85. The van der Waals surface area contributed by atoms with Gasteiger partial charge in [-0.3, -0.25) is 4.90 Å². The van der Waals surface area contributed by atoms with Gasteiger partial charge in [0.15, 0.2) is 0 Å². The van der Waals surface area contributed by atoms with Crippen LogP contribution in [-0.2, 0) is 0 Å². The second-order valence-electron chi connectivity index (χ2n) is 5.89. The van der Waals surface area contributed by atoms with Crippen molar-refractivity contribution < 1.29 is 9.52 Å². The van der Waals surface area contributed by atoms with E-state index in [2.05, 4.69) is 15.1 Å². The van der Waals surface area contributed by atoms with Crippen LogP contribution in [0.1, 0.15) is 56.2 Å². The first-order valence-electron chi connectivity index (χ1n) is 7.46. The summed E-state index contributed by atoms with van der Waals surface area (Å²) in [6.07, 6.45) is 6.53. The second kappa shape index (κ2) is 5.59. The van der Waals surface area contributed by atoms with Crippen molar-refractivity contribution in [2.45, 2.75) is 63.5 Å². The van der Waals surface area contributed by atoms with E-state index < -0.39 is 0 Å². The molecule has 1 saturated heterocycles. The number of hydrogen-bond acceptors (Lipinski definition) is 5. The van der Waals surface area contributed by atoms with Gasteiger partial charge in [0.2, 0.25) is 11.8 Å². The first kappa shape index (κ1) is 13.1. The van der Waals surface area contributed by atoms with Gasteiger partial charge in [-0.15, -0.1) is 10.2 Å². The summed E-state index contributed by atoms with van der Waals surface area (Å²) in [6, 6.07) is 0.374. The Morgan fingerprint density at radius 2 is 1.84 bits per heavy atom. The number of rotatable bonds is 2. The van der Waals surface area contributed by atoms with Crippen molar-refractivity contribution in [3.05, 3.63) is 11.8 Å². The zero-order valence-corrected chi connectivity index (χ0v) is 11.6. The number of aliphatic hydroxyl groups excluding tert-OH is 1. The highest BCUT2D eigenvalue weighted by Gasteiger charge is 2.32. The van der Waals surface area contributed by atoms with E-state index in [9.17, 15) is 5.11 Å². The van der Waals surface area contributed by atoms with Crippen LogP contribution >= 0.6 is 0 Å². The van der Waals surface area contributed by atoms with E-state index in [0.29, 0.717) is 17.9 Å². The van der Waals surface area contributed by atoms with Crippen LogP contribution < -0.4 is 0 Å². The van der Waals surface area contributed by atoms with Crippen molar-refractivity contribution >= 4 is 0 Å². The molecule has 1 saturated carbocycles. The highest BCUT2D eigenvalue weighted by molar-refractivity contribution is 4.96. The number of likely N-dealkylation sites (tertiary alicyclic amines) is 1. The van der Waals surface area contributed by atoms with E-state index in [-0.39, 0.29) is 6.10 Å². The van der Waals surface area contributed by atoms with Crippen molar-refractivity contribution in [1.82, 2.24) is 15.1 Å². The number of aliphatic hydroxyl groups is 1. The standard InChI is InChI=1S/C14H23N3O2/c1-10-15-16-14(19-10)11-6-8-17(9-7-11)12-4-2-3-5-13(12)18/h11-13,18H,2-9H2,1H3/t12-,13-/m1/s1. The Morgan fingerprint density at radius 3 is 2.47 bits per heavy atom. The predicted molar refractivity (Wildman–Crippen MR) is 70.8 cm³/mol. The van der Waals surface area contributed by atoms with E-state index in [1.54, 1.807) is 0 Å². The van der Waals surface area contributed by atoms with Crippen molar-refractivity contribution in [3.8, 4) is 0 Å². The van der Waals surface area contributed by atoms with E-state index in [1.807, 2.05) is 6.92 Å². The van der Waals surface area contributed by atoms with Crippen LogP contribution in [0.25, 0.3) is 0 Å². The molecular weight excluding hydrogens is 242 g/mol. The molecule has 106 valence electrons. The van der Waals surface area contributed by atoms with Crippen LogP contribution in [0, 0.1) is 6.92 Å². The van der Waals surface area contributed by atoms with Gasteiger partial charge < -0.3 is 9.52 Å². The van der Waals surface area contributed by atoms with Gasteiger partial charge in [-0.1, -0.05) is 12.8 Å². The summed E-state index contributed by atoms with van der Waals surface area (Å²) in [4.78, 5) is 2.46. The van der Waals surface area contributed by atoms with Gasteiger partial charge in [0.1, 0.15) is 0 Å². The lowest BCUT2D eigenvalue weighted by atomic mass is 9.88. The molecule has 0 spiro atoms. The Bertz CT molecular complexity index is 413. The Balaban J connectivity index is 1.57. The summed E-state index contributed by atoms with van der Waals surface area (Å²) in [5, 5.41) is 18.2. The fourth-order valence-electron chi connectivity index (χ4n) is 3.47. The van der Waals surface area contributed by atoms with Gasteiger partial charge in [-0.25, -0.2) is 0 Å². The monoisotopic (exact) mass is 265 g/mol. The first-order chi connectivity index (χ1) is 9.24. The smallest absolute Gasteiger partial charge is 0.219 e. The molecule has 0 unspecified atom stereocenters. The highest BCUT2D eigenvalue weighted by atomic mass is 16.4. The third kappa shape index (κ3) is 2.82. The molecule has 1 aliphatic heterocycles. The maximum absolute atomic E-state index is 10.1. The molecule has 0 radical (unpaired) electrons. The van der Waals surface area contributed by atoms with E-state index >= 15 is 0 Å². The van der Waals surface area contributed by atoms with Crippen LogP contribution in [0.2, 0.25) is 0 Å². The summed E-state index contributed by atoms with van der Waals surface area (Å²) >= 11 is 0. The number of nitrogens with zero attached hydrogens (tertiary/aromatic N) is 3. The maximum atomic E-state index is 10.1. The summed E-state index contributed by atoms with van der Waals surface area (Å²) in [6.45, 7) is 3.91. The lowest BCUT2D eigenvalue weighted by Crippen LogP contribution is -2.48. The molecule has 5 heteroatoms. The predicted octanol–water partition coefficient (Wildman–Crippen LogP) is 1.86. The molecule has 1 N–H and O–H groups in total. The van der Waals surface area contributed by atoms with Crippen LogP contribution in [0.15, 0.2) is 4.42 Å². The highest BCUT2D eigenvalue weighted by Crippen LogP contribution is 2.31. The normalized spacial score (nSPS) is 30.6. The van der Waals surface area contributed by atoms with Gasteiger partial charge in [0.25, 0.3) is 0 Å². The minimum atomic E-state index is -0.129. The zero-order valence-electron chi connectivity index (χ0n) is 11.6. The van der Waals surface area contributed by atoms with Crippen molar-refractivity contribution in [3.63, 3.8) is 0 Å². The minimum absolute atomic E-state index is 0.129.